The number of nitrogens with zero attached hydrogens (tertiary/aromatic N) is 3. The molecule has 186 valence electrons. The van der Waals surface area contributed by atoms with Gasteiger partial charge in [0.05, 0.1) is 25.0 Å². The molecule has 4 aromatic rings. The van der Waals surface area contributed by atoms with Gasteiger partial charge in [0.1, 0.15) is 16.3 Å². The van der Waals surface area contributed by atoms with Crippen LogP contribution in [0.5, 0.6) is 5.75 Å². The number of carbonyl (C=O) groups is 2. The second kappa shape index (κ2) is 11.4. The fourth-order valence-corrected chi connectivity index (χ4v) is 5.57. The molecule has 0 bridgehead atoms. The molecular weight excluding hydrogens is 496 g/mol. The van der Waals surface area contributed by atoms with Gasteiger partial charge in [-0.25, -0.2) is 4.79 Å². The lowest BCUT2D eigenvalue weighted by Gasteiger charge is -2.10. The van der Waals surface area contributed by atoms with Crippen molar-refractivity contribution < 1.29 is 19.1 Å². The van der Waals surface area contributed by atoms with Gasteiger partial charge < -0.3 is 19.4 Å². The van der Waals surface area contributed by atoms with Gasteiger partial charge in [0.15, 0.2) is 11.0 Å². The Labute approximate surface area is 217 Å². The molecule has 0 saturated carbocycles. The Morgan fingerprint density at radius 2 is 1.81 bits per heavy atom. The molecule has 2 heterocycles. The number of hydrogen-bond donors (Lipinski definition) is 1. The number of thioether (sulfide) groups is 1. The number of thiophene rings is 1. The average Bonchev–Trinajstić information content (AvgIpc) is 3.42. The van der Waals surface area contributed by atoms with E-state index >= 15 is 0 Å². The van der Waals surface area contributed by atoms with Gasteiger partial charge in [-0.05, 0) is 31.5 Å². The molecule has 0 aliphatic carbocycles. The number of nitrogens with one attached hydrogen (secondary N) is 1. The molecule has 1 N–H and O–H groups in total. The summed E-state index contributed by atoms with van der Waals surface area (Å²) in [6.07, 6.45) is 0. The summed E-state index contributed by atoms with van der Waals surface area (Å²) in [7, 11) is 3.18. The van der Waals surface area contributed by atoms with E-state index in [9.17, 15) is 9.59 Å². The van der Waals surface area contributed by atoms with Gasteiger partial charge in [-0.15, -0.1) is 21.5 Å². The topological polar surface area (TPSA) is 95.3 Å². The number of hydrogen-bond acceptors (Lipinski definition) is 8. The summed E-state index contributed by atoms with van der Waals surface area (Å²) in [5.74, 6) is 0.716. The second-order valence-corrected chi connectivity index (χ2v) is 9.89. The van der Waals surface area contributed by atoms with E-state index in [1.54, 1.807) is 0 Å². The standard InChI is InChI=1S/C26H26N4O4S2/c1-5-34-19-14-10-9-13-18(19)23-28-29-26(30(23)3)35-15-20(31)27-24-22(25(32)33-4)21(16(2)36-24)17-11-7-6-8-12-17/h6-14H,5,15H2,1-4H3,(H,27,31). The highest BCUT2D eigenvalue weighted by atomic mass is 32.2. The average molecular weight is 523 g/mol. The zero-order valence-corrected chi connectivity index (χ0v) is 22.0. The number of para-hydroxylation sites is 1. The van der Waals surface area contributed by atoms with Crippen molar-refractivity contribution in [3.63, 3.8) is 0 Å². The lowest BCUT2D eigenvalue weighted by atomic mass is 10.0. The molecule has 0 aliphatic heterocycles. The third-order valence-electron chi connectivity index (χ3n) is 5.38. The van der Waals surface area contributed by atoms with Crippen molar-refractivity contribution in [3.05, 3.63) is 65.0 Å². The van der Waals surface area contributed by atoms with Crippen LogP contribution in [0.3, 0.4) is 0 Å². The Kier molecular flexibility index (Phi) is 8.07. The maximum atomic E-state index is 12.9. The monoisotopic (exact) mass is 522 g/mol. The quantitative estimate of drug-likeness (QED) is 0.231. The SMILES string of the molecule is CCOc1ccccc1-c1nnc(SCC(=O)Nc2sc(C)c(-c3ccccc3)c2C(=O)OC)n1C. The van der Waals surface area contributed by atoms with E-state index in [1.165, 1.54) is 30.2 Å². The Morgan fingerprint density at radius 1 is 1.08 bits per heavy atom. The molecule has 4 rings (SSSR count). The highest BCUT2D eigenvalue weighted by molar-refractivity contribution is 7.99. The molecule has 0 atom stereocenters. The minimum atomic E-state index is -0.493. The van der Waals surface area contributed by atoms with Gasteiger partial charge in [-0.1, -0.05) is 54.2 Å². The molecule has 0 radical (unpaired) electrons. The fourth-order valence-electron chi connectivity index (χ4n) is 3.78. The summed E-state index contributed by atoms with van der Waals surface area (Å²) in [4.78, 5) is 26.4. The molecule has 36 heavy (non-hydrogen) atoms. The first-order valence-electron chi connectivity index (χ1n) is 11.3. The number of amides is 1. The maximum Gasteiger partial charge on any atom is 0.341 e. The van der Waals surface area contributed by atoms with E-state index in [4.69, 9.17) is 9.47 Å². The number of benzene rings is 2. The van der Waals surface area contributed by atoms with E-state index in [2.05, 4.69) is 15.5 Å². The number of aryl methyl sites for hydroxylation is 1. The molecule has 2 aromatic heterocycles. The van der Waals surface area contributed by atoms with Crippen molar-refractivity contribution in [2.75, 3.05) is 24.8 Å². The summed E-state index contributed by atoms with van der Waals surface area (Å²) in [5.41, 5.74) is 2.84. The third-order valence-corrected chi connectivity index (χ3v) is 7.43. The van der Waals surface area contributed by atoms with Crippen molar-refractivity contribution in [3.8, 4) is 28.3 Å². The zero-order chi connectivity index (χ0) is 25.7. The first-order chi connectivity index (χ1) is 17.4. The van der Waals surface area contributed by atoms with Crippen LogP contribution in [0.2, 0.25) is 0 Å². The van der Waals surface area contributed by atoms with Crippen LogP contribution in [0.1, 0.15) is 22.2 Å². The Balaban J connectivity index is 1.52. The molecule has 10 heteroatoms. The molecule has 0 aliphatic rings. The fraction of sp³-hybridized carbons (Fsp3) is 0.231. The van der Waals surface area contributed by atoms with Crippen molar-refractivity contribution >= 4 is 40.0 Å². The number of aromatic nitrogens is 3. The summed E-state index contributed by atoms with van der Waals surface area (Å²) < 4.78 is 12.6. The number of esters is 1. The van der Waals surface area contributed by atoms with Crippen LogP contribution in [0.4, 0.5) is 5.00 Å². The van der Waals surface area contributed by atoms with Crippen molar-refractivity contribution in [1.29, 1.82) is 0 Å². The van der Waals surface area contributed by atoms with Crippen LogP contribution in [0.15, 0.2) is 59.8 Å². The predicted octanol–water partition coefficient (Wildman–Crippen LogP) is 5.44. The van der Waals surface area contributed by atoms with Gasteiger partial charge in [0.25, 0.3) is 0 Å². The van der Waals surface area contributed by atoms with Crippen molar-refractivity contribution in [2.45, 2.75) is 19.0 Å². The molecule has 1 amide bonds. The third kappa shape index (κ3) is 5.29. The van der Waals surface area contributed by atoms with E-state index in [-0.39, 0.29) is 11.7 Å². The maximum absolute atomic E-state index is 12.9. The van der Waals surface area contributed by atoms with E-state index in [1.807, 2.05) is 80.1 Å². The van der Waals surface area contributed by atoms with Crippen LogP contribution < -0.4 is 10.1 Å². The van der Waals surface area contributed by atoms with Crippen molar-refractivity contribution in [1.82, 2.24) is 14.8 Å². The summed E-state index contributed by atoms with van der Waals surface area (Å²) >= 11 is 2.61. The van der Waals surface area contributed by atoms with Gasteiger partial charge in [0, 0.05) is 17.5 Å². The molecule has 2 aromatic carbocycles. The summed E-state index contributed by atoms with van der Waals surface area (Å²) in [5, 5.41) is 12.5. The number of methoxy groups -OCH3 is 1. The van der Waals surface area contributed by atoms with E-state index in [0.29, 0.717) is 28.2 Å². The first-order valence-corrected chi connectivity index (χ1v) is 13.1. The Morgan fingerprint density at radius 3 is 2.53 bits per heavy atom. The number of rotatable bonds is 9. The Bertz CT molecular complexity index is 1380. The highest BCUT2D eigenvalue weighted by Gasteiger charge is 2.25. The van der Waals surface area contributed by atoms with Gasteiger partial charge in [-0.3, -0.25) is 4.79 Å². The molecule has 0 unspecified atom stereocenters. The molecule has 0 saturated heterocycles. The predicted molar refractivity (Wildman–Crippen MR) is 143 cm³/mol. The Hall–Kier alpha value is -3.63. The molecule has 0 fully saturated rings. The lowest BCUT2D eigenvalue weighted by molar-refractivity contribution is -0.113. The van der Waals surface area contributed by atoms with E-state index < -0.39 is 5.97 Å². The second-order valence-electron chi connectivity index (χ2n) is 7.73. The van der Waals surface area contributed by atoms with Crippen LogP contribution in [0.25, 0.3) is 22.5 Å². The van der Waals surface area contributed by atoms with Crippen LogP contribution in [-0.4, -0.2) is 46.1 Å². The first kappa shape index (κ1) is 25.5. The van der Waals surface area contributed by atoms with Gasteiger partial charge >= 0.3 is 5.97 Å². The zero-order valence-electron chi connectivity index (χ0n) is 20.4. The largest absolute Gasteiger partial charge is 0.493 e. The van der Waals surface area contributed by atoms with Gasteiger partial charge in [-0.2, -0.15) is 0 Å². The number of carbonyl (C=O) groups excluding carboxylic acids is 2. The number of ether oxygens (including phenoxy) is 2. The van der Waals surface area contributed by atoms with Crippen LogP contribution in [-0.2, 0) is 16.6 Å². The molecule has 8 nitrogen and oxygen atoms in total. The van der Waals surface area contributed by atoms with Crippen LogP contribution >= 0.6 is 23.1 Å². The van der Waals surface area contributed by atoms with Crippen LogP contribution in [0, 0.1) is 6.92 Å². The van der Waals surface area contributed by atoms with E-state index in [0.717, 1.165) is 27.3 Å². The minimum Gasteiger partial charge on any atom is -0.493 e. The molecule has 0 spiro atoms. The van der Waals surface area contributed by atoms with Gasteiger partial charge in [0.2, 0.25) is 5.91 Å². The normalized spacial score (nSPS) is 10.8. The number of anilines is 1. The summed E-state index contributed by atoms with van der Waals surface area (Å²) in [6.45, 7) is 4.39. The molecular formula is C26H26N4O4S2. The highest BCUT2D eigenvalue weighted by Crippen LogP contribution is 2.40. The van der Waals surface area contributed by atoms with Crippen molar-refractivity contribution in [2.24, 2.45) is 7.05 Å². The lowest BCUT2D eigenvalue weighted by Crippen LogP contribution is -2.16. The smallest absolute Gasteiger partial charge is 0.341 e. The minimum absolute atomic E-state index is 0.0946. The summed E-state index contributed by atoms with van der Waals surface area (Å²) in [6, 6.07) is 17.2.